The van der Waals surface area contributed by atoms with E-state index in [-0.39, 0.29) is 27.1 Å². The molecule has 0 aliphatic carbocycles. The number of hydrogen-bond donors (Lipinski definition) is 0. The van der Waals surface area contributed by atoms with E-state index in [0.29, 0.717) is 0 Å². The van der Waals surface area contributed by atoms with E-state index >= 15 is 0 Å². The molecule has 1 aliphatic heterocycles. The summed E-state index contributed by atoms with van der Waals surface area (Å²) in [5, 5.41) is 0. The zero-order valence-electron chi connectivity index (χ0n) is 25.4. The van der Waals surface area contributed by atoms with Gasteiger partial charge in [0.25, 0.3) is 0 Å². The molecule has 0 spiro atoms. The molecule has 0 atom stereocenters. The van der Waals surface area contributed by atoms with Crippen molar-refractivity contribution in [3.8, 4) is 0 Å². The Labute approximate surface area is 219 Å². The normalized spacial score (nSPS) is 15.4. The molecule has 1 aromatic carbocycles. The lowest BCUT2D eigenvalue weighted by atomic mass is 9.66. The zero-order valence-corrected chi connectivity index (χ0v) is 25.4. The largest absolute Gasteiger partial charge is 0.381 e. The van der Waals surface area contributed by atoms with Crippen LogP contribution < -0.4 is 0 Å². The molecule has 1 heterocycles. The Morgan fingerprint density at radius 2 is 0.971 bits per heavy atom. The van der Waals surface area contributed by atoms with Crippen LogP contribution in [0.15, 0.2) is 43.5 Å². The Balaban J connectivity index is 0.00000108. The molecule has 0 aromatic heterocycles. The molecule has 1 aliphatic rings. The Hall–Kier alpha value is -1.34. The molecule has 1 aromatic rings. The molecule has 1 fully saturated rings. The molecule has 0 unspecified atom stereocenters. The van der Waals surface area contributed by atoms with Gasteiger partial charge < -0.3 is 4.74 Å². The Kier molecular flexibility index (Phi) is 11.1. The van der Waals surface area contributed by atoms with Crippen LogP contribution in [-0.2, 0) is 21.0 Å². The van der Waals surface area contributed by atoms with Crippen LogP contribution in [0.1, 0.15) is 131 Å². The van der Waals surface area contributed by atoms with Gasteiger partial charge in [-0.25, -0.2) is 0 Å². The fraction of sp³-hybridized carbons (Fsp3) is 0.706. The second kappa shape index (κ2) is 12.3. The van der Waals surface area contributed by atoms with Crippen molar-refractivity contribution in [2.24, 2.45) is 10.8 Å². The summed E-state index contributed by atoms with van der Waals surface area (Å²) in [6.07, 6.45) is 11.1. The van der Waals surface area contributed by atoms with Crippen LogP contribution in [0.2, 0.25) is 0 Å². The minimum Gasteiger partial charge on any atom is -0.381 e. The van der Waals surface area contributed by atoms with Gasteiger partial charge in [0.1, 0.15) is 0 Å². The smallest absolute Gasteiger partial charge is 0.0466 e. The first-order chi connectivity index (χ1) is 15.9. The highest BCUT2D eigenvalue weighted by atomic mass is 16.5. The molecule has 0 saturated carbocycles. The van der Waals surface area contributed by atoms with Crippen molar-refractivity contribution >= 4 is 0 Å². The number of hydrogen-bond acceptors (Lipinski definition) is 1. The standard InChI is InChI=1S/C30H50.C4H8O/c1-14-16-27(6,7)21-29(10,11)24-18-23(26(3,4)5)19-25(20-24)30(12,13)22-28(8,9)17-15-2;1-2-4-5-3-1/h14-15,18-20H,1-2,16-17,21-22H2,3-13H3;1-4H2. The highest BCUT2D eigenvalue weighted by molar-refractivity contribution is 5.41. The fourth-order valence-electron chi connectivity index (χ4n) is 5.88. The molecule has 2 rings (SSSR count). The number of ether oxygens (including phenoxy) is 1. The van der Waals surface area contributed by atoms with Crippen molar-refractivity contribution < 1.29 is 4.74 Å². The first kappa shape index (κ1) is 31.7. The number of rotatable bonds is 10. The van der Waals surface area contributed by atoms with Crippen LogP contribution in [0.25, 0.3) is 0 Å². The summed E-state index contributed by atoms with van der Waals surface area (Å²) in [4.78, 5) is 0. The molecule has 1 heteroatoms. The van der Waals surface area contributed by atoms with Gasteiger partial charge in [-0.15, -0.1) is 13.2 Å². The Morgan fingerprint density at radius 1 is 0.629 bits per heavy atom. The van der Waals surface area contributed by atoms with Crippen LogP contribution in [0, 0.1) is 10.8 Å². The van der Waals surface area contributed by atoms with Gasteiger partial charge in [-0.1, -0.05) is 107 Å². The molecule has 0 bridgehead atoms. The third-order valence-electron chi connectivity index (χ3n) is 7.42. The lowest BCUT2D eigenvalue weighted by Crippen LogP contribution is -2.30. The Morgan fingerprint density at radius 3 is 1.23 bits per heavy atom. The van der Waals surface area contributed by atoms with Crippen LogP contribution in [-0.4, -0.2) is 13.2 Å². The maximum absolute atomic E-state index is 4.94. The van der Waals surface area contributed by atoms with E-state index in [2.05, 4.69) is 120 Å². The maximum atomic E-state index is 4.94. The Bertz CT molecular complexity index is 748. The van der Waals surface area contributed by atoms with Crippen molar-refractivity contribution in [1.29, 1.82) is 0 Å². The summed E-state index contributed by atoms with van der Waals surface area (Å²) < 4.78 is 4.94. The van der Waals surface area contributed by atoms with Gasteiger partial charge in [-0.05, 0) is 82.3 Å². The molecule has 35 heavy (non-hydrogen) atoms. The molecule has 1 saturated heterocycles. The average molecular weight is 483 g/mol. The molecule has 0 radical (unpaired) electrons. The van der Waals surface area contributed by atoms with E-state index in [1.165, 1.54) is 29.5 Å². The molecular weight excluding hydrogens is 424 g/mol. The lowest BCUT2D eigenvalue weighted by Gasteiger charge is -2.39. The SMILES string of the molecule is C1CCOC1.C=CCC(C)(C)CC(C)(C)c1cc(C(C)(C)C)cc(C(C)(C)CC(C)(C)CC=C)c1. The van der Waals surface area contributed by atoms with Crippen LogP contribution >= 0.6 is 0 Å². The van der Waals surface area contributed by atoms with Gasteiger partial charge in [0, 0.05) is 13.2 Å². The predicted octanol–water partition coefficient (Wildman–Crippen LogP) is 10.3. The van der Waals surface area contributed by atoms with E-state index in [4.69, 9.17) is 4.74 Å². The summed E-state index contributed by atoms with van der Waals surface area (Å²) in [5.41, 5.74) is 5.21. The van der Waals surface area contributed by atoms with Crippen LogP contribution in [0.5, 0.6) is 0 Å². The van der Waals surface area contributed by atoms with E-state index in [9.17, 15) is 0 Å². The molecule has 200 valence electrons. The summed E-state index contributed by atoms with van der Waals surface area (Å²) in [6, 6.07) is 7.44. The summed E-state index contributed by atoms with van der Waals surface area (Å²) in [7, 11) is 0. The number of allylic oxidation sites excluding steroid dienone is 2. The van der Waals surface area contributed by atoms with Crippen molar-refractivity contribution in [3.63, 3.8) is 0 Å². The van der Waals surface area contributed by atoms with Gasteiger partial charge >= 0.3 is 0 Å². The fourth-order valence-corrected chi connectivity index (χ4v) is 5.88. The third kappa shape index (κ3) is 10.7. The zero-order chi connectivity index (χ0) is 27.1. The lowest BCUT2D eigenvalue weighted by molar-refractivity contribution is 0.198. The predicted molar refractivity (Wildman–Crippen MR) is 158 cm³/mol. The first-order valence-corrected chi connectivity index (χ1v) is 13.8. The minimum atomic E-state index is 0.106. The van der Waals surface area contributed by atoms with Gasteiger partial charge in [0.05, 0.1) is 0 Å². The van der Waals surface area contributed by atoms with E-state index in [1.54, 1.807) is 0 Å². The molecule has 0 amide bonds. The topological polar surface area (TPSA) is 9.23 Å². The monoisotopic (exact) mass is 482 g/mol. The second-order valence-corrected chi connectivity index (χ2v) is 14.8. The molecular formula is C34H58O. The molecule has 1 nitrogen and oxygen atoms in total. The number of benzene rings is 1. The van der Waals surface area contributed by atoms with Gasteiger partial charge in [0.15, 0.2) is 0 Å². The maximum Gasteiger partial charge on any atom is 0.0466 e. The highest BCUT2D eigenvalue weighted by Crippen LogP contribution is 2.44. The summed E-state index contributed by atoms with van der Waals surface area (Å²) in [5.74, 6) is 0. The van der Waals surface area contributed by atoms with Crippen molar-refractivity contribution in [2.45, 2.75) is 131 Å². The third-order valence-corrected chi connectivity index (χ3v) is 7.42. The minimum absolute atomic E-state index is 0.106. The van der Waals surface area contributed by atoms with E-state index in [1.807, 2.05) is 0 Å². The van der Waals surface area contributed by atoms with Crippen molar-refractivity contribution in [1.82, 2.24) is 0 Å². The molecule has 0 N–H and O–H groups in total. The van der Waals surface area contributed by atoms with Crippen LogP contribution in [0.3, 0.4) is 0 Å². The summed E-state index contributed by atoms with van der Waals surface area (Å²) >= 11 is 0. The highest BCUT2D eigenvalue weighted by Gasteiger charge is 2.34. The van der Waals surface area contributed by atoms with Crippen molar-refractivity contribution in [2.75, 3.05) is 13.2 Å². The van der Waals surface area contributed by atoms with Crippen LogP contribution in [0.4, 0.5) is 0 Å². The average Bonchev–Trinajstić information content (AvgIpc) is 3.25. The van der Waals surface area contributed by atoms with E-state index in [0.717, 1.165) is 38.9 Å². The quantitative estimate of drug-likeness (QED) is 0.301. The second-order valence-electron chi connectivity index (χ2n) is 14.8. The van der Waals surface area contributed by atoms with Crippen molar-refractivity contribution in [3.05, 3.63) is 60.2 Å². The van der Waals surface area contributed by atoms with Gasteiger partial charge in [-0.2, -0.15) is 0 Å². The summed E-state index contributed by atoms with van der Waals surface area (Å²) in [6.45, 7) is 36.1. The van der Waals surface area contributed by atoms with Gasteiger partial charge in [-0.3, -0.25) is 0 Å². The first-order valence-electron chi connectivity index (χ1n) is 13.8. The van der Waals surface area contributed by atoms with Gasteiger partial charge in [0.2, 0.25) is 0 Å². The van der Waals surface area contributed by atoms with E-state index < -0.39 is 0 Å².